The lowest BCUT2D eigenvalue weighted by atomic mass is 10.2. The first-order chi connectivity index (χ1) is 7.38. The van der Waals surface area contributed by atoms with Gasteiger partial charge in [-0.2, -0.15) is 0 Å². The van der Waals surface area contributed by atoms with Crippen LogP contribution in [-0.4, -0.2) is 17.0 Å². The van der Waals surface area contributed by atoms with Crippen LogP contribution in [0, 0.1) is 0 Å². The molecule has 0 aliphatic heterocycles. The first-order valence-electron chi connectivity index (χ1n) is 4.70. The third kappa shape index (κ3) is 1.26. The number of nitrogens with one attached hydrogen (secondary N) is 1. The van der Waals surface area contributed by atoms with Crippen molar-refractivity contribution in [3.63, 3.8) is 0 Å². The van der Waals surface area contributed by atoms with Gasteiger partial charge in [-0.25, -0.2) is 4.98 Å². The van der Waals surface area contributed by atoms with Gasteiger partial charge in [0, 0.05) is 18.6 Å². The van der Waals surface area contributed by atoms with E-state index in [9.17, 15) is 0 Å². The van der Waals surface area contributed by atoms with Crippen molar-refractivity contribution in [1.29, 1.82) is 0 Å². The number of pyridine rings is 1. The maximum atomic E-state index is 4.53. The van der Waals surface area contributed by atoms with Crippen LogP contribution in [0.5, 0.6) is 0 Å². The number of fused-ring (bicyclic) bond motifs is 3. The summed E-state index contributed by atoms with van der Waals surface area (Å²) < 4.78 is 1.19. The molecule has 1 N–H and O–H groups in total. The fourth-order valence-corrected chi connectivity index (χ4v) is 2.49. The van der Waals surface area contributed by atoms with Crippen LogP contribution in [0.25, 0.3) is 21.1 Å². The van der Waals surface area contributed by atoms with Gasteiger partial charge in [0.15, 0.2) is 5.13 Å². The summed E-state index contributed by atoms with van der Waals surface area (Å²) in [4.78, 5) is 8.84. The predicted molar refractivity (Wildman–Crippen MR) is 64.5 cm³/mol. The van der Waals surface area contributed by atoms with Crippen molar-refractivity contribution in [3.05, 3.63) is 30.5 Å². The molecular formula is C11H9N3S. The first-order valence-corrected chi connectivity index (χ1v) is 5.52. The second-order valence-electron chi connectivity index (χ2n) is 3.25. The Balaban J connectivity index is 2.47. The summed E-state index contributed by atoms with van der Waals surface area (Å²) >= 11 is 1.66. The average Bonchev–Trinajstić information content (AvgIpc) is 2.72. The third-order valence-corrected chi connectivity index (χ3v) is 3.39. The fourth-order valence-electron chi connectivity index (χ4n) is 1.65. The summed E-state index contributed by atoms with van der Waals surface area (Å²) in [5.74, 6) is 0. The van der Waals surface area contributed by atoms with Crippen LogP contribution >= 0.6 is 11.3 Å². The molecule has 74 valence electrons. The minimum Gasteiger partial charge on any atom is -0.365 e. The Morgan fingerprint density at radius 1 is 1.27 bits per heavy atom. The second-order valence-corrected chi connectivity index (χ2v) is 4.28. The van der Waals surface area contributed by atoms with Crippen molar-refractivity contribution >= 4 is 37.6 Å². The number of anilines is 1. The van der Waals surface area contributed by atoms with E-state index in [1.54, 1.807) is 17.5 Å². The zero-order valence-electron chi connectivity index (χ0n) is 8.19. The Bertz CT molecular complexity index is 630. The lowest BCUT2D eigenvalue weighted by Crippen LogP contribution is -1.84. The van der Waals surface area contributed by atoms with Gasteiger partial charge in [-0.05, 0) is 24.3 Å². The molecule has 0 saturated carbocycles. The maximum Gasteiger partial charge on any atom is 0.183 e. The Hall–Kier alpha value is -1.68. The zero-order valence-corrected chi connectivity index (χ0v) is 9.01. The maximum absolute atomic E-state index is 4.53. The van der Waals surface area contributed by atoms with Gasteiger partial charge in [-0.3, -0.25) is 4.98 Å². The summed E-state index contributed by atoms with van der Waals surface area (Å²) in [5, 5.41) is 5.13. The van der Waals surface area contributed by atoms with E-state index in [1.165, 1.54) is 4.70 Å². The Labute approximate surface area is 90.8 Å². The van der Waals surface area contributed by atoms with Crippen LogP contribution in [0.3, 0.4) is 0 Å². The van der Waals surface area contributed by atoms with E-state index in [0.29, 0.717) is 0 Å². The largest absolute Gasteiger partial charge is 0.365 e. The molecule has 0 spiro atoms. The minimum absolute atomic E-state index is 0.946. The van der Waals surface area contributed by atoms with Crippen molar-refractivity contribution in [3.8, 4) is 0 Å². The molecule has 4 heteroatoms. The smallest absolute Gasteiger partial charge is 0.183 e. The van der Waals surface area contributed by atoms with E-state index in [0.717, 1.165) is 21.6 Å². The molecule has 0 bridgehead atoms. The quantitative estimate of drug-likeness (QED) is 0.678. The molecule has 3 rings (SSSR count). The Kier molecular flexibility index (Phi) is 1.82. The summed E-state index contributed by atoms with van der Waals surface area (Å²) in [5.41, 5.74) is 2.04. The number of thiazole rings is 1. The van der Waals surface area contributed by atoms with Gasteiger partial charge in [0.25, 0.3) is 0 Å². The molecule has 0 aliphatic carbocycles. The highest BCUT2D eigenvalue weighted by molar-refractivity contribution is 7.22. The molecule has 15 heavy (non-hydrogen) atoms. The van der Waals surface area contributed by atoms with Crippen molar-refractivity contribution in [2.75, 3.05) is 12.4 Å². The molecule has 0 fully saturated rings. The van der Waals surface area contributed by atoms with Gasteiger partial charge >= 0.3 is 0 Å². The van der Waals surface area contributed by atoms with Crippen LogP contribution in [0.2, 0.25) is 0 Å². The summed E-state index contributed by atoms with van der Waals surface area (Å²) in [6.45, 7) is 0. The molecule has 2 aromatic heterocycles. The monoisotopic (exact) mass is 215 g/mol. The average molecular weight is 215 g/mol. The molecule has 0 radical (unpaired) electrons. The summed E-state index contributed by atoms with van der Waals surface area (Å²) in [7, 11) is 1.89. The molecule has 0 unspecified atom stereocenters. The van der Waals surface area contributed by atoms with Crippen molar-refractivity contribution in [1.82, 2.24) is 9.97 Å². The van der Waals surface area contributed by atoms with Gasteiger partial charge in [0.2, 0.25) is 0 Å². The minimum atomic E-state index is 0.946. The summed E-state index contributed by atoms with van der Waals surface area (Å²) in [6.07, 6.45) is 1.81. The molecule has 0 aliphatic rings. The van der Waals surface area contributed by atoms with Gasteiger partial charge in [-0.15, -0.1) is 0 Å². The normalized spacial score (nSPS) is 11.0. The molecule has 0 saturated heterocycles. The van der Waals surface area contributed by atoms with Crippen LogP contribution in [0.1, 0.15) is 0 Å². The topological polar surface area (TPSA) is 37.8 Å². The van der Waals surface area contributed by atoms with E-state index in [1.807, 2.05) is 19.2 Å². The number of rotatable bonds is 1. The SMILES string of the molecule is CNc1nc2c(ccc3ncccc32)s1. The molecule has 0 amide bonds. The number of aromatic nitrogens is 2. The first kappa shape index (κ1) is 8.61. The van der Waals surface area contributed by atoms with Gasteiger partial charge < -0.3 is 5.32 Å². The van der Waals surface area contributed by atoms with Crippen molar-refractivity contribution in [2.24, 2.45) is 0 Å². The highest BCUT2D eigenvalue weighted by atomic mass is 32.1. The van der Waals surface area contributed by atoms with Crippen LogP contribution in [-0.2, 0) is 0 Å². The van der Waals surface area contributed by atoms with E-state index in [2.05, 4.69) is 27.4 Å². The van der Waals surface area contributed by atoms with Crippen molar-refractivity contribution < 1.29 is 0 Å². The van der Waals surface area contributed by atoms with Crippen LogP contribution in [0.4, 0.5) is 5.13 Å². The summed E-state index contributed by atoms with van der Waals surface area (Å²) in [6, 6.07) is 8.11. The van der Waals surface area contributed by atoms with Gasteiger partial charge in [-0.1, -0.05) is 11.3 Å². The highest BCUT2D eigenvalue weighted by Crippen LogP contribution is 2.30. The molecule has 2 heterocycles. The zero-order chi connectivity index (χ0) is 10.3. The molecule has 3 aromatic rings. The molecule has 3 nitrogen and oxygen atoms in total. The van der Waals surface area contributed by atoms with E-state index < -0.39 is 0 Å². The number of hydrogen-bond donors (Lipinski definition) is 1. The standard InChI is InChI=1S/C11H9N3S/c1-12-11-14-10-7-3-2-6-13-8(7)4-5-9(10)15-11/h2-6H,1H3,(H,12,14). The lowest BCUT2D eigenvalue weighted by Gasteiger charge is -1.95. The Morgan fingerprint density at radius 3 is 3.07 bits per heavy atom. The molecule has 1 aromatic carbocycles. The molecule has 0 atom stereocenters. The van der Waals surface area contributed by atoms with E-state index >= 15 is 0 Å². The van der Waals surface area contributed by atoms with Crippen LogP contribution in [0.15, 0.2) is 30.5 Å². The third-order valence-electron chi connectivity index (χ3n) is 2.35. The van der Waals surface area contributed by atoms with Gasteiger partial charge in [0.1, 0.15) is 0 Å². The number of nitrogens with zero attached hydrogens (tertiary/aromatic N) is 2. The number of benzene rings is 1. The van der Waals surface area contributed by atoms with Crippen LogP contribution < -0.4 is 5.32 Å². The van der Waals surface area contributed by atoms with Gasteiger partial charge in [0.05, 0.1) is 15.7 Å². The lowest BCUT2D eigenvalue weighted by molar-refractivity contribution is 1.40. The van der Waals surface area contributed by atoms with E-state index in [-0.39, 0.29) is 0 Å². The predicted octanol–water partition coefficient (Wildman–Crippen LogP) is 2.89. The van der Waals surface area contributed by atoms with Crippen molar-refractivity contribution in [2.45, 2.75) is 0 Å². The second kappa shape index (κ2) is 3.17. The van der Waals surface area contributed by atoms with E-state index in [4.69, 9.17) is 0 Å². The molecular weight excluding hydrogens is 206 g/mol. The highest BCUT2D eigenvalue weighted by Gasteiger charge is 2.06. The fraction of sp³-hybridized carbons (Fsp3) is 0.0909. The number of hydrogen-bond acceptors (Lipinski definition) is 4. The Morgan fingerprint density at radius 2 is 2.20 bits per heavy atom.